The largest absolute Gasteiger partial charge is 0.308 e. The SMILES string of the molecule is CC(C)(C)NCc1cnc(-n2cnc3c2CCCC3)nc1. The topological polar surface area (TPSA) is 55.6 Å². The molecule has 1 aliphatic rings. The fraction of sp³-hybridized carbons (Fsp3) is 0.562. The predicted octanol–water partition coefficient (Wildman–Crippen LogP) is 2.43. The molecule has 1 N–H and O–H groups in total. The second-order valence-electron chi connectivity index (χ2n) is 6.71. The van der Waals surface area contributed by atoms with Crippen LogP contribution in [0, 0.1) is 0 Å². The van der Waals surface area contributed by atoms with Gasteiger partial charge in [0.15, 0.2) is 0 Å². The molecule has 5 heteroatoms. The van der Waals surface area contributed by atoms with E-state index >= 15 is 0 Å². The third kappa shape index (κ3) is 3.29. The molecule has 0 bridgehead atoms. The third-order valence-electron chi connectivity index (χ3n) is 3.76. The lowest BCUT2D eigenvalue weighted by Gasteiger charge is -2.20. The third-order valence-corrected chi connectivity index (χ3v) is 3.76. The molecular formula is C16H23N5. The van der Waals surface area contributed by atoms with Crippen molar-refractivity contribution in [1.29, 1.82) is 0 Å². The fourth-order valence-electron chi connectivity index (χ4n) is 2.57. The molecule has 0 atom stereocenters. The van der Waals surface area contributed by atoms with E-state index in [9.17, 15) is 0 Å². The van der Waals surface area contributed by atoms with Gasteiger partial charge in [-0.25, -0.2) is 15.0 Å². The van der Waals surface area contributed by atoms with Crippen molar-refractivity contribution in [3.8, 4) is 5.95 Å². The average molecular weight is 285 g/mol. The van der Waals surface area contributed by atoms with Gasteiger partial charge in [-0.1, -0.05) is 0 Å². The van der Waals surface area contributed by atoms with Crippen molar-refractivity contribution in [3.05, 3.63) is 35.7 Å². The van der Waals surface area contributed by atoms with Crippen molar-refractivity contribution in [1.82, 2.24) is 24.8 Å². The van der Waals surface area contributed by atoms with Crippen LogP contribution in [0.2, 0.25) is 0 Å². The van der Waals surface area contributed by atoms with Crippen molar-refractivity contribution < 1.29 is 0 Å². The molecule has 5 nitrogen and oxygen atoms in total. The number of imidazole rings is 1. The van der Waals surface area contributed by atoms with Gasteiger partial charge in [0.25, 0.3) is 0 Å². The Morgan fingerprint density at radius 3 is 2.52 bits per heavy atom. The molecule has 0 radical (unpaired) electrons. The number of nitrogens with zero attached hydrogens (tertiary/aromatic N) is 4. The Kier molecular flexibility index (Phi) is 3.76. The van der Waals surface area contributed by atoms with Gasteiger partial charge in [0.05, 0.1) is 5.69 Å². The van der Waals surface area contributed by atoms with Crippen molar-refractivity contribution in [3.63, 3.8) is 0 Å². The molecule has 112 valence electrons. The summed E-state index contributed by atoms with van der Waals surface area (Å²) in [5.74, 6) is 0.727. The molecule has 0 fully saturated rings. The van der Waals surface area contributed by atoms with E-state index < -0.39 is 0 Å². The van der Waals surface area contributed by atoms with Crippen LogP contribution < -0.4 is 5.32 Å². The minimum atomic E-state index is 0.0993. The van der Waals surface area contributed by atoms with Crippen LogP contribution in [0.15, 0.2) is 18.7 Å². The number of hydrogen-bond acceptors (Lipinski definition) is 4. The van der Waals surface area contributed by atoms with Crippen molar-refractivity contribution >= 4 is 0 Å². The zero-order valence-electron chi connectivity index (χ0n) is 13.1. The molecule has 0 amide bonds. The lowest BCUT2D eigenvalue weighted by Crippen LogP contribution is -2.35. The Labute approximate surface area is 125 Å². The minimum Gasteiger partial charge on any atom is -0.308 e. The predicted molar refractivity (Wildman–Crippen MR) is 82.4 cm³/mol. The lowest BCUT2D eigenvalue weighted by molar-refractivity contribution is 0.423. The smallest absolute Gasteiger partial charge is 0.235 e. The van der Waals surface area contributed by atoms with Crippen molar-refractivity contribution in [2.75, 3.05) is 0 Å². The summed E-state index contributed by atoms with van der Waals surface area (Å²) in [7, 11) is 0. The van der Waals surface area contributed by atoms with E-state index in [0.29, 0.717) is 0 Å². The van der Waals surface area contributed by atoms with Gasteiger partial charge in [-0.05, 0) is 46.5 Å². The first-order chi connectivity index (χ1) is 10.0. The Morgan fingerprint density at radius 2 is 1.81 bits per heavy atom. The normalized spacial score (nSPS) is 15.0. The van der Waals surface area contributed by atoms with E-state index in [1.54, 1.807) is 0 Å². The van der Waals surface area contributed by atoms with E-state index in [1.165, 1.54) is 24.2 Å². The molecule has 0 saturated carbocycles. The highest BCUT2D eigenvalue weighted by molar-refractivity contribution is 5.25. The molecule has 2 aromatic heterocycles. The second-order valence-corrected chi connectivity index (χ2v) is 6.71. The zero-order chi connectivity index (χ0) is 14.9. The second kappa shape index (κ2) is 5.56. The summed E-state index contributed by atoms with van der Waals surface area (Å²) in [5.41, 5.74) is 3.69. The molecule has 21 heavy (non-hydrogen) atoms. The van der Waals surface area contributed by atoms with Gasteiger partial charge in [-0.3, -0.25) is 4.57 Å². The number of hydrogen-bond donors (Lipinski definition) is 1. The first kappa shape index (κ1) is 14.2. The number of rotatable bonds is 3. The Balaban J connectivity index is 1.77. The van der Waals surface area contributed by atoms with Crippen molar-refractivity contribution in [2.24, 2.45) is 0 Å². The monoisotopic (exact) mass is 285 g/mol. The van der Waals surface area contributed by atoms with Gasteiger partial charge < -0.3 is 5.32 Å². The molecule has 0 aliphatic heterocycles. The number of fused-ring (bicyclic) bond motifs is 1. The van der Waals surface area contributed by atoms with E-state index in [2.05, 4.69) is 41.0 Å². The van der Waals surface area contributed by atoms with Crippen LogP contribution in [-0.4, -0.2) is 25.1 Å². The standard InChI is InChI=1S/C16H23N5/c1-16(2,3)20-10-12-8-17-15(18-9-12)21-11-19-13-6-4-5-7-14(13)21/h8-9,11,20H,4-7,10H2,1-3H3. The Hall–Kier alpha value is -1.75. The van der Waals surface area contributed by atoms with Crippen LogP contribution in [0.4, 0.5) is 0 Å². The highest BCUT2D eigenvalue weighted by Crippen LogP contribution is 2.21. The Morgan fingerprint density at radius 1 is 1.10 bits per heavy atom. The van der Waals surface area contributed by atoms with E-state index in [4.69, 9.17) is 0 Å². The van der Waals surface area contributed by atoms with Crippen LogP contribution >= 0.6 is 0 Å². The molecule has 0 aromatic carbocycles. The molecular weight excluding hydrogens is 262 g/mol. The molecule has 2 aromatic rings. The quantitative estimate of drug-likeness (QED) is 0.941. The summed E-state index contributed by atoms with van der Waals surface area (Å²) in [4.78, 5) is 13.5. The molecule has 2 heterocycles. The van der Waals surface area contributed by atoms with Gasteiger partial charge in [-0.15, -0.1) is 0 Å². The van der Waals surface area contributed by atoms with Crippen molar-refractivity contribution in [2.45, 2.75) is 58.5 Å². The summed E-state index contributed by atoms with van der Waals surface area (Å²) >= 11 is 0. The van der Waals surface area contributed by atoms with E-state index in [1.807, 2.05) is 23.3 Å². The van der Waals surface area contributed by atoms with Gasteiger partial charge >= 0.3 is 0 Å². The first-order valence-electron chi connectivity index (χ1n) is 7.64. The Bertz CT molecular complexity index is 607. The van der Waals surface area contributed by atoms with Gasteiger partial charge in [0.2, 0.25) is 5.95 Å². The van der Waals surface area contributed by atoms with Crippen LogP contribution in [0.3, 0.4) is 0 Å². The van der Waals surface area contributed by atoms with Crippen LogP contribution in [0.25, 0.3) is 5.95 Å². The summed E-state index contributed by atoms with van der Waals surface area (Å²) in [6.07, 6.45) is 10.3. The highest BCUT2D eigenvalue weighted by Gasteiger charge is 2.17. The molecule has 0 spiro atoms. The summed E-state index contributed by atoms with van der Waals surface area (Å²) < 4.78 is 2.04. The van der Waals surface area contributed by atoms with Crippen LogP contribution in [0.5, 0.6) is 0 Å². The molecule has 0 unspecified atom stereocenters. The van der Waals surface area contributed by atoms with Gasteiger partial charge in [-0.2, -0.15) is 0 Å². The van der Waals surface area contributed by atoms with Crippen LogP contribution in [0.1, 0.15) is 50.6 Å². The zero-order valence-corrected chi connectivity index (χ0v) is 13.1. The number of aromatic nitrogens is 4. The number of aryl methyl sites for hydroxylation is 1. The van der Waals surface area contributed by atoms with Gasteiger partial charge in [0.1, 0.15) is 6.33 Å². The van der Waals surface area contributed by atoms with Crippen LogP contribution in [-0.2, 0) is 19.4 Å². The fourth-order valence-corrected chi connectivity index (χ4v) is 2.57. The molecule has 3 rings (SSSR count). The number of nitrogens with one attached hydrogen (secondary N) is 1. The maximum Gasteiger partial charge on any atom is 0.235 e. The van der Waals surface area contributed by atoms with Gasteiger partial charge in [0, 0.05) is 35.7 Å². The first-order valence-corrected chi connectivity index (χ1v) is 7.64. The van der Waals surface area contributed by atoms with E-state index in [-0.39, 0.29) is 5.54 Å². The molecule has 0 saturated heterocycles. The summed E-state index contributed by atoms with van der Waals surface area (Å²) in [5, 5.41) is 3.44. The molecule has 1 aliphatic carbocycles. The van der Waals surface area contributed by atoms with E-state index in [0.717, 1.165) is 30.9 Å². The maximum atomic E-state index is 4.50. The maximum absolute atomic E-state index is 4.50. The summed E-state index contributed by atoms with van der Waals surface area (Å²) in [6, 6.07) is 0. The summed E-state index contributed by atoms with van der Waals surface area (Å²) in [6.45, 7) is 7.24. The highest BCUT2D eigenvalue weighted by atomic mass is 15.2. The lowest BCUT2D eigenvalue weighted by atomic mass is 10.0. The average Bonchev–Trinajstić information content (AvgIpc) is 2.89. The minimum absolute atomic E-state index is 0.0993.